The maximum absolute atomic E-state index is 13.6. The Bertz CT molecular complexity index is 465. The molecule has 0 spiro atoms. The summed E-state index contributed by atoms with van der Waals surface area (Å²) < 4.78 is 0.122. The van der Waals surface area contributed by atoms with Crippen molar-refractivity contribution in [3.8, 4) is 0 Å². The molecule has 0 aromatic heterocycles. The molecule has 0 atom stereocenters. The molecule has 0 rings (SSSR count). The van der Waals surface area contributed by atoms with Crippen LogP contribution in [0, 0.1) is 17.8 Å². The minimum absolute atomic E-state index is 0.0708. The molecule has 0 heterocycles. The normalized spacial score (nSPS) is 12.4. The first-order valence-corrected chi connectivity index (χ1v) is 16.3. The number of carbonyl (C=O) groups is 3. The zero-order chi connectivity index (χ0) is 24.0. The Balaban J connectivity index is 5.41. The van der Waals surface area contributed by atoms with E-state index in [9.17, 15) is 14.4 Å². The van der Waals surface area contributed by atoms with Gasteiger partial charge >= 0.3 is 198 Å². The molecule has 0 saturated heterocycles. The van der Waals surface area contributed by atoms with Crippen LogP contribution >= 0.6 is 0 Å². The Morgan fingerprint density at radius 1 is 0.484 bits per heavy atom. The third-order valence-corrected chi connectivity index (χ3v) is 14.5. The van der Waals surface area contributed by atoms with Crippen LogP contribution in [0.5, 0.6) is 0 Å². The van der Waals surface area contributed by atoms with Crippen LogP contribution in [-0.2, 0) is 31.0 Å². The van der Waals surface area contributed by atoms with Gasteiger partial charge in [0.25, 0.3) is 0 Å². The van der Waals surface area contributed by atoms with Crippen molar-refractivity contribution in [1.82, 2.24) is 0 Å². The average Bonchev–Trinajstić information content (AvgIpc) is 2.65. The fraction of sp³-hybridized carbons (Fsp3) is 0.889. The van der Waals surface area contributed by atoms with Crippen molar-refractivity contribution in [1.29, 1.82) is 0 Å². The van der Waals surface area contributed by atoms with E-state index >= 15 is 0 Å². The SMILES string of the molecule is CC(C)CCCC[C](=O)[Ti]([C](=O)CCCCC(C)C)([C](=O)CCCCC(C)C)[CH](C)C. The number of hydrogen-bond donors (Lipinski definition) is 0. The minimum atomic E-state index is -4.00. The summed E-state index contributed by atoms with van der Waals surface area (Å²) in [5.74, 6) is 1.87. The Morgan fingerprint density at radius 2 is 0.742 bits per heavy atom. The summed E-state index contributed by atoms with van der Waals surface area (Å²) in [7, 11) is 0. The van der Waals surface area contributed by atoms with Gasteiger partial charge in [0.05, 0.1) is 0 Å². The predicted octanol–water partition coefficient (Wildman–Crippen LogP) is 8.20. The Labute approximate surface area is 197 Å². The van der Waals surface area contributed by atoms with Crippen molar-refractivity contribution in [3.05, 3.63) is 0 Å². The fourth-order valence-corrected chi connectivity index (χ4v) is 11.7. The second-order valence-electron chi connectivity index (χ2n) is 11.2. The summed E-state index contributed by atoms with van der Waals surface area (Å²) in [6.45, 7) is 17.1. The molecule has 0 aliphatic carbocycles. The van der Waals surface area contributed by atoms with Gasteiger partial charge in [-0.25, -0.2) is 0 Å². The van der Waals surface area contributed by atoms with E-state index in [1.165, 1.54) is 0 Å². The third kappa shape index (κ3) is 11.4. The molecule has 182 valence electrons. The number of hydrogen-bond acceptors (Lipinski definition) is 3. The van der Waals surface area contributed by atoms with Gasteiger partial charge in [0.2, 0.25) is 0 Å². The number of rotatable bonds is 19. The maximum atomic E-state index is 13.6. The van der Waals surface area contributed by atoms with E-state index in [4.69, 9.17) is 0 Å². The van der Waals surface area contributed by atoms with Gasteiger partial charge in [0.1, 0.15) is 0 Å². The van der Waals surface area contributed by atoms with Crippen molar-refractivity contribution < 1.29 is 31.0 Å². The number of carbonyl (C=O) groups excluding carboxylic acids is 3. The Morgan fingerprint density at radius 3 is 0.935 bits per heavy atom. The van der Waals surface area contributed by atoms with Crippen molar-refractivity contribution in [2.24, 2.45) is 17.8 Å². The van der Waals surface area contributed by atoms with Gasteiger partial charge in [0, 0.05) is 0 Å². The van der Waals surface area contributed by atoms with Crippen LogP contribution in [0.15, 0.2) is 0 Å². The zero-order valence-corrected chi connectivity index (χ0v) is 23.6. The molecule has 0 radical (unpaired) electrons. The van der Waals surface area contributed by atoms with Crippen molar-refractivity contribution in [2.75, 3.05) is 0 Å². The van der Waals surface area contributed by atoms with Crippen LogP contribution in [0.25, 0.3) is 0 Å². The first-order chi connectivity index (χ1) is 14.5. The van der Waals surface area contributed by atoms with Crippen LogP contribution < -0.4 is 0 Å². The Hall–Kier alpha value is -0.276. The summed E-state index contributed by atoms with van der Waals surface area (Å²) >= 11 is -4.00. The molecule has 0 saturated carbocycles. The molecule has 4 heteroatoms. The fourth-order valence-electron chi connectivity index (χ4n) is 4.54. The van der Waals surface area contributed by atoms with Crippen molar-refractivity contribution >= 4 is 12.3 Å². The molecule has 3 nitrogen and oxygen atoms in total. The van der Waals surface area contributed by atoms with Gasteiger partial charge in [-0.3, -0.25) is 0 Å². The van der Waals surface area contributed by atoms with E-state index in [1.54, 1.807) is 0 Å². The summed E-state index contributed by atoms with van der Waals surface area (Å²) in [6.07, 6.45) is 10.1. The van der Waals surface area contributed by atoms with E-state index in [0.717, 1.165) is 57.8 Å². The van der Waals surface area contributed by atoms with Crippen LogP contribution in [0.4, 0.5) is 0 Å². The third-order valence-electron chi connectivity index (χ3n) is 6.49. The first-order valence-electron chi connectivity index (χ1n) is 13.1. The van der Waals surface area contributed by atoms with Gasteiger partial charge in [-0.1, -0.05) is 0 Å². The topological polar surface area (TPSA) is 51.2 Å². The van der Waals surface area contributed by atoms with Gasteiger partial charge in [0.15, 0.2) is 0 Å². The van der Waals surface area contributed by atoms with Gasteiger partial charge in [-0.15, -0.1) is 0 Å². The molecule has 0 aliphatic rings. The number of unbranched alkanes of at least 4 members (excludes halogenated alkanes) is 3. The molecule has 0 aromatic carbocycles. The van der Waals surface area contributed by atoms with Crippen LogP contribution in [0.3, 0.4) is 0 Å². The molecule has 0 N–H and O–H groups in total. The van der Waals surface area contributed by atoms with Crippen molar-refractivity contribution in [2.45, 2.75) is 137 Å². The van der Waals surface area contributed by atoms with E-state index in [2.05, 4.69) is 41.5 Å². The first kappa shape index (κ1) is 30.7. The average molecular weight is 473 g/mol. The van der Waals surface area contributed by atoms with Gasteiger partial charge < -0.3 is 0 Å². The summed E-state index contributed by atoms with van der Waals surface area (Å²) in [5.41, 5.74) is 0. The molecule has 0 unspecified atom stereocenters. The van der Waals surface area contributed by atoms with Crippen LogP contribution in [0.2, 0.25) is 4.22 Å². The van der Waals surface area contributed by atoms with Gasteiger partial charge in [-0.05, 0) is 0 Å². The van der Waals surface area contributed by atoms with E-state index in [0.29, 0.717) is 37.0 Å². The summed E-state index contributed by atoms with van der Waals surface area (Å²) in [6, 6.07) is 0. The molecule has 0 fully saturated rings. The second kappa shape index (κ2) is 16.4. The molecule has 31 heavy (non-hydrogen) atoms. The Kier molecular flexibility index (Phi) is 16.2. The van der Waals surface area contributed by atoms with Crippen LogP contribution in [0.1, 0.15) is 132 Å². The molecular formula is C27H52O3Ti. The monoisotopic (exact) mass is 472 g/mol. The van der Waals surface area contributed by atoms with Gasteiger partial charge in [-0.2, -0.15) is 0 Å². The predicted molar refractivity (Wildman–Crippen MR) is 130 cm³/mol. The van der Waals surface area contributed by atoms with Crippen molar-refractivity contribution in [3.63, 3.8) is 0 Å². The summed E-state index contributed by atoms with van der Waals surface area (Å²) in [4.78, 5) is 40.7. The van der Waals surface area contributed by atoms with Crippen LogP contribution in [-0.4, -0.2) is 12.3 Å². The molecule has 0 aromatic rings. The summed E-state index contributed by atoms with van der Waals surface area (Å²) in [5, 5.41) is 0. The van der Waals surface area contributed by atoms with E-state index in [1.807, 2.05) is 13.8 Å². The molecule has 0 aliphatic heterocycles. The molecular weight excluding hydrogens is 420 g/mol. The van der Waals surface area contributed by atoms with E-state index in [-0.39, 0.29) is 16.5 Å². The standard InChI is InChI=1S/3C8H15O.C3H7.Ti/c3*1-8(2)6-4-3-5-7-9;1-3-2;/h3*8H,3-6H2,1-2H3;3H,1-2H3;. The quantitative estimate of drug-likeness (QED) is 0.141. The molecule has 0 amide bonds. The van der Waals surface area contributed by atoms with E-state index < -0.39 is 16.6 Å². The zero-order valence-electron chi connectivity index (χ0n) is 22.0. The second-order valence-corrected chi connectivity index (χ2v) is 18.1. The molecule has 0 bridgehead atoms.